The Morgan fingerprint density at radius 1 is 1.26 bits per heavy atom. The number of rotatable bonds is 15. The minimum Gasteiger partial charge on any atom is -0.386 e. The third kappa shape index (κ3) is 9.99. The largest absolute Gasteiger partial charge is 0.386 e. The summed E-state index contributed by atoms with van der Waals surface area (Å²) in [6, 6.07) is 7.91. The predicted molar refractivity (Wildman–Crippen MR) is 141 cm³/mol. The van der Waals surface area contributed by atoms with Crippen LogP contribution in [-0.2, 0) is 9.53 Å². The number of aliphatic imine (C=N–C) groups is 3. The van der Waals surface area contributed by atoms with Gasteiger partial charge in [0.2, 0.25) is 5.91 Å². The number of hydrogen-bond acceptors (Lipinski definition) is 5. The maximum Gasteiger partial charge on any atom is 0.246 e. The standard InChI is InChI=1S/C25H39N7O2/c1-7-10-15-32(24(33)8-2)17-23(29-16-22(26)27-5)31-19(4)20-11-13-21(14-12-20)25(34-6)30-18-28-9-3/h8-9,11-14,18-19,25H,2-3,7,10,15-17H2,1,4-6H3,(H2,26,27)(H,28,30)(H,29,31). The van der Waals surface area contributed by atoms with Crippen LogP contribution >= 0.6 is 0 Å². The molecule has 0 bridgehead atoms. The molecule has 9 nitrogen and oxygen atoms in total. The highest BCUT2D eigenvalue weighted by Gasteiger charge is 2.16. The lowest BCUT2D eigenvalue weighted by atomic mass is 10.1. The van der Waals surface area contributed by atoms with Gasteiger partial charge in [-0.25, -0.2) is 4.99 Å². The summed E-state index contributed by atoms with van der Waals surface area (Å²) in [7, 11) is 3.23. The van der Waals surface area contributed by atoms with Gasteiger partial charge >= 0.3 is 0 Å². The van der Waals surface area contributed by atoms with Crippen LogP contribution in [0.4, 0.5) is 0 Å². The first-order valence-corrected chi connectivity index (χ1v) is 11.3. The van der Waals surface area contributed by atoms with Gasteiger partial charge in [-0.3, -0.25) is 14.8 Å². The number of ether oxygens (including phenoxy) is 1. The van der Waals surface area contributed by atoms with E-state index in [0.29, 0.717) is 24.8 Å². The summed E-state index contributed by atoms with van der Waals surface area (Å²) < 4.78 is 5.45. The van der Waals surface area contributed by atoms with Gasteiger partial charge in [0.05, 0.1) is 19.4 Å². The average Bonchev–Trinajstić information content (AvgIpc) is 2.86. The zero-order valence-electron chi connectivity index (χ0n) is 20.8. The van der Waals surface area contributed by atoms with Crippen molar-refractivity contribution in [3.05, 3.63) is 60.8 Å². The molecule has 34 heavy (non-hydrogen) atoms. The lowest BCUT2D eigenvalue weighted by molar-refractivity contribution is -0.125. The van der Waals surface area contributed by atoms with Crippen LogP contribution in [0.5, 0.6) is 0 Å². The minimum absolute atomic E-state index is 0.0635. The number of carbonyl (C=O) groups excluding carboxylic acids is 1. The molecule has 4 N–H and O–H groups in total. The van der Waals surface area contributed by atoms with Crippen molar-refractivity contribution in [3.63, 3.8) is 0 Å². The molecule has 9 heteroatoms. The number of nitrogens with zero attached hydrogens (tertiary/aromatic N) is 4. The summed E-state index contributed by atoms with van der Waals surface area (Å²) in [5.41, 5.74) is 7.82. The first-order valence-electron chi connectivity index (χ1n) is 11.3. The third-order valence-electron chi connectivity index (χ3n) is 5.06. The second-order valence-corrected chi connectivity index (χ2v) is 7.57. The number of amidine groups is 2. The van der Waals surface area contributed by atoms with Gasteiger partial charge in [-0.15, -0.1) is 0 Å². The summed E-state index contributed by atoms with van der Waals surface area (Å²) in [6.45, 7) is 12.5. The van der Waals surface area contributed by atoms with Crippen LogP contribution in [0.15, 0.2) is 64.7 Å². The number of carbonyl (C=O) groups is 1. The molecule has 0 saturated heterocycles. The van der Waals surface area contributed by atoms with Gasteiger partial charge in [-0.05, 0) is 31.2 Å². The van der Waals surface area contributed by atoms with E-state index >= 15 is 0 Å². The quantitative estimate of drug-likeness (QED) is 0.207. The van der Waals surface area contributed by atoms with Crippen molar-refractivity contribution < 1.29 is 9.53 Å². The van der Waals surface area contributed by atoms with E-state index in [9.17, 15) is 4.79 Å². The Morgan fingerprint density at radius 2 is 1.94 bits per heavy atom. The summed E-state index contributed by atoms with van der Waals surface area (Å²) in [6.07, 6.45) is 5.87. The van der Waals surface area contributed by atoms with Gasteiger partial charge in [0.1, 0.15) is 11.7 Å². The van der Waals surface area contributed by atoms with Crippen LogP contribution in [0.25, 0.3) is 0 Å². The molecule has 186 valence electrons. The van der Waals surface area contributed by atoms with Gasteiger partial charge in [0.15, 0.2) is 6.23 Å². The smallest absolute Gasteiger partial charge is 0.246 e. The maximum atomic E-state index is 12.4. The molecule has 0 aliphatic heterocycles. The number of benzene rings is 1. The van der Waals surface area contributed by atoms with Gasteiger partial charge in [-0.2, -0.15) is 0 Å². The predicted octanol–water partition coefficient (Wildman–Crippen LogP) is 2.94. The Labute approximate surface area is 203 Å². The molecule has 0 spiro atoms. The molecule has 0 aliphatic carbocycles. The van der Waals surface area contributed by atoms with Crippen molar-refractivity contribution in [1.29, 1.82) is 0 Å². The van der Waals surface area contributed by atoms with Crippen LogP contribution in [0.1, 0.15) is 50.1 Å². The second-order valence-electron chi connectivity index (χ2n) is 7.57. The lowest BCUT2D eigenvalue weighted by Crippen LogP contribution is -2.42. The highest BCUT2D eigenvalue weighted by Crippen LogP contribution is 2.21. The fraction of sp³-hybridized carbons (Fsp3) is 0.440. The maximum absolute atomic E-state index is 12.4. The van der Waals surface area contributed by atoms with Gasteiger partial charge in [0, 0.05) is 32.3 Å². The molecule has 1 aromatic rings. The monoisotopic (exact) mass is 469 g/mol. The van der Waals surface area contributed by atoms with E-state index in [1.54, 1.807) is 25.4 Å². The molecule has 0 radical (unpaired) electrons. The van der Waals surface area contributed by atoms with E-state index in [1.165, 1.54) is 12.3 Å². The third-order valence-corrected chi connectivity index (χ3v) is 5.06. The zero-order valence-corrected chi connectivity index (χ0v) is 20.8. The molecule has 0 heterocycles. The van der Waals surface area contributed by atoms with Crippen molar-refractivity contribution >= 4 is 23.9 Å². The van der Waals surface area contributed by atoms with Gasteiger partial charge in [0.25, 0.3) is 0 Å². The molecule has 1 rings (SSSR count). The fourth-order valence-corrected chi connectivity index (χ4v) is 3.04. The highest BCUT2D eigenvalue weighted by atomic mass is 16.5. The molecule has 0 aliphatic rings. The van der Waals surface area contributed by atoms with Crippen molar-refractivity contribution in [3.8, 4) is 0 Å². The molecule has 0 saturated carbocycles. The van der Waals surface area contributed by atoms with Crippen LogP contribution in [0, 0.1) is 0 Å². The van der Waals surface area contributed by atoms with E-state index in [2.05, 4.69) is 45.7 Å². The molecule has 2 atom stereocenters. The Morgan fingerprint density at radius 3 is 2.50 bits per heavy atom. The van der Waals surface area contributed by atoms with Gasteiger partial charge in [-0.1, -0.05) is 50.8 Å². The number of methoxy groups -OCH3 is 1. The number of hydrogen-bond donors (Lipinski definition) is 3. The van der Waals surface area contributed by atoms with Gasteiger partial charge < -0.3 is 26.0 Å². The molecular formula is C25H39N7O2. The highest BCUT2D eigenvalue weighted by molar-refractivity contribution is 5.94. The summed E-state index contributed by atoms with van der Waals surface area (Å²) in [5.74, 6) is 0.946. The van der Waals surface area contributed by atoms with E-state index in [1.807, 2.05) is 31.2 Å². The summed E-state index contributed by atoms with van der Waals surface area (Å²) in [5, 5.41) is 6.25. The number of nitrogens with two attached hydrogens (primary N) is 1. The fourth-order valence-electron chi connectivity index (χ4n) is 3.04. The second kappa shape index (κ2) is 16.2. The van der Waals surface area contributed by atoms with Crippen molar-refractivity contribution in [2.75, 3.05) is 33.8 Å². The molecule has 0 aromatic heterocycles. The Hall–Kier alpha value is -3.46. The average molecular weight is 470 g/mol. The Balaban J connectivity index is 3.04. The minimum atomic E-state index is -0.421. The van der Waals surface area contributed by atoms with E-state index < -0.39 is 6.23 Å². The summed E-state index contributed by atoms with van der Waals surface area (Å²) in [4.78, 5) is 27.0. The Kier molecular flexibility index (Phi) is 13.6. The lowest BCUT2D eigenvalue weighted by Gasteiger charge is -2.25. The number of unbranched alkanes of at least 4 members (excludes halogenated alkanes) is 1. The van der Waals surface area contributed by atoms with Crippen molar-refractivity contribution in [2.45, 2.75) is 39.0 Å². The van der Waals surface area contributed by atoms with E-state index in [-0.39, 0.29) is 18.5 Å². The topological polar surface area (TPSA) is 117 Å². The normalized spacial score (nSPS) is 13.9. The summed E-state index contributed by atoms with van der Waals surface area (Å²) >= 11 is 0. The van der Waals surface area contributed by atoms with Crippen LogP contribution in [0.2, 0.25) is 0 Å². The first kappa shape index (κ1) is 28.6. The number of nitrogens with one attached hydrogen (secondary N) is 2. The molecule has 1 aromatic carbocycles. The van der Waals surface area contributed by atoms with Crippen LogP contribution < -0.4 is 16.4 Å². The molecule has 0 fully saturated rings. The van der Waals surface area contributed by atoms with Crippen LogP contribution in [0.3, 0.4) is 0 Å². The van der Waals surface area contributed by atoms with Crippen molar-refractivity contribution in [2.24, 2.45) is 20.7 Å². The number of amides is 1. The van der Waals surface area contributed by atoms with E-state index in [0.717, 1.165) is 24.0 Å². The SMILES string of the molecule is C=CNC=NC(OC)c1ccc(C(C)NC(CN(CCCC)C(=O)C=C)=NCC(N)=NC)cc1. The molecular weight excluding hydrogens is 430 g/mol. The van der Waals surface area contributed by atoms with Crippen LogP contribution in [-0.4, -0.2) is 62.6 Å². The first-order chi connectivity index (χ1) is 16.4. The van der Waals surface area contributed by atoms with E-state index in [4.69, 9.17) is 10.5 Å². The molecule has 2 unspecified atom stereocenters. The van der Waals surface area contributed by atoms with Crippen molar-refractivity contribution in [1.82, 2.24) is 15.5 Å². The molecule has 1 amide bonds. The Bertz CT molecular complexity index is 863. The zero-order chi connectivity index (χ0) is 25.3.